The zero-order valence-electron chi connectivity index (χ0n) is 7.23. The number of ether oxygens (including phenoxy) is 1. The molecule has 1 aliphatic rings. The minimum atomic E-state index is -1.93. The summed E-state index contributed by atoms with van der Waals surface area (Å²) in [6.07, 6.45) is 0. The maximum absolute atomic E-state index is 11.3. The SMILES string of the molecule is CN1C(=O)COC(C)(C(=O)O)C1=O. The highest BCUT2D eigenvalue weighted by Gasteiger charge is 2.49. The Hall–Kier alpha value is -1.43. The Morgan fingerprint density at radius 2 is 2.15 bits per heavy atom. The first-order valence-corrected chi connectivity index (χ1v) is 3.58. The molecule has 0 aromatic rings. The van der Waals surface area contributed by atoms with Crippen molar-refractivity contribution in [1.29, 1.82) is 0 Å². The van der Waals surface area contributed by atoms with Crippen LogP contribution in [-0.4, -0.2) is 47.0 Å². The summed E-state index contributed by atoms with van der Waals surface area (Å²) in [5.74, 6) is -2.78. The molecule has 1 rings (SSSR count). The predicted octanol–water partition coefficient (Wildman–Crippen LogP) is -1.16. The molecular weight excluding hydrogens is 178 g/mol. The fourth-order valence-corrected chi connectivity index (χ4v) is 0.951. The van der Waals surface area contributed by atoms with Crippen LogP contribution in [0.25, 0.3) is 0 Å². The van der Waals surface area contributed by atoms with Gasteiger partial charge in [-0.05, 0) is 6.92 Å². The summed E-state index contributed by atoms with van der Waals surface area (Å²) in [6, 6.07) is 0. The molecule has 13 heavy (non-hydrogen) atoms. The van der Waals surface area contributed by atoms with Crippen molar-refractivity contribution in [3.63, 3.8) is 0 Å². The van der Waals surface area contributed by atoms with Crippen LogP contribution >= 0.6 is 0 Å². The number of carbonyl (C=O) groups excluding carboxylic acids is 2. The average molecular weight is 187 g/mol. The summed E-state index contributed by atoms with van der Waals surface area (Å²) in [5.41, 5.74) is -1.93. The smallest absolute Gasteiger partial charge is 0.345 e. The first kappa shape index (κ1) is 9.66. The highest BCUT2D eigenvalue weighted by atomic mass is 16.5. The number of carboxylic acid groups (broad SMARTS) is 1. The van der Waals surface area contributed by atoms with Gasteiger partial charge in [0.05, 0.1) is 0 Å². The number of carboxylic acids is 1. The van der Waals surface area contributed by atoms with Gasteiger partial charge in [-0.1, -0.05) is 0 Å². The molecule has 0 aliphatic carbocycles. The molecule has 72 valence electrons. The highest BCUT2D eigenvalue weighted by Crippen LogP contribution is 2.18. The Balaban J connectivity index is 2.99. The first-order valence-electron chi connectivity index (χ1n) is 3.58. The minimum absolute atomic E-state index is 0.384. The quantitative estimate of drug-likeness (QED) is 0.413. The van der Waals surface area contributed by atoms with Crippen molar-refractivity contribution in [2.75, 3.05) is 13.7 Å². The van der Waals surface area contributed by atoms with Crippen molar-refractivity contribution in [2.45, 2.75) is 12.5 Å². The van der Waals surface area contributed by atoms with Crippen LogP contribution in [0.15, 0.2) is 0 Å². The Morgan fingerprint density at radius 3 is 2.62 bits per heavy atom. The number of amides is 2. The van der Waals surface area contributed by atoms with Gasteiger partial charge in [0, 0.05) is 7.05 Å². The van der Waals surface area contributed by atoms with Crippen molar-refractivity contribution < 1.29 is 24.2 Å². The van der Waals surface area contributed by atoms with E-state index >= 15 is 0 Å². The molecule has 6 nitrogen and oxygen atoms in total. The van der Waals surface area contributed by atoms with Crippen molar-refractivity contribution in [3.8, 4) is 0 Å². The first-order chi connectivity index (χ1) is 5.89. The number of rotatable bonds is 1. The maximum atomic E-state index is 11.3. The van der Waals surface area contributed by atoms with E-state index in [-0.39, 0.29) is 6.61 Å². The van der Waals surface area contributed by atoms with Gasteiger partial charge in [-0.2, -0.15) is 0 Å². The normalized spacial score (nSPS) is 29.2. The van der Waals surface area contributed by atoms with Gasteiger partial charge in [-0.25, -0.2) is 4.79 Å². The zero-order chi connectivity index (χ0) is 10.2. The van der Waals surface area contributed by atoms with Gasteiger partial charge in [0.15, 0.2) is 0 Å². The van der Waals surface area contributed by atoms with Crippen molar-refractivity contribution in [2.24, 2.45) is 0 Å². The van der Waals surface area contributed by atoms with Crippen LogP contribution in [0.2, 0.25) is 0 Å². The molecule has 6 heteroatoms. The molecule has 0 saturated carbocycles. The third kappa shape index (κ3) is 1.29. The van der Waals surface area contributed by atoms with Gasteiger partial charge in [0.25, 0.3) is 11.8 Å². The molecule has 1 fully saturated rings. The number of nitrogens with zero attached hydrogens (tertiary/aromatic N) is 1. The van der Waals surface area contributed by atoms with E-state index in [0.29, 0.717) is 0 Å². The van der Waals surface area contributed by atoms with Crippen LogP contribution in [0.5, 0.6) is 0 Å². The lowest BCUT2D eigenvalue weighted by Gasteiger charge is -2.32. The molecule has 0 aromatic heterocycles. The summed E-state index contributed by atoms with van der Waals surface area (Å²) < 4.78 is 4.68. The molecular formula is C7H9NO5. The van der Waals surface area contributed by atoms with Crippen molar-refractivity contribution in [3.05, 3.63) is 0 Å². The fraction of sp³-hybridized carbons (Fsp3) is 0.571. The average Bonchev–Trinajstić information content (AvgIpc) is 2.08. The standard InChI is InChI=1S/C7H9NO5/c1-7(6(11)12)5(10)8(2)4(9)3-13-7/h3H2,1-2H3,(H,11,12). The summed E-state index contributed by atoms with van der Waals surface area (Å²) >= 11 is 0. The maximum Gasteiger partial charge on any atom is 0.345 e. The van der Waals surface area contributed by atoms with Gasteiger partial charge in [-0.15, -0.1) is 0 Å². The van der Waals surface area contributed by atoms with Crippen LogP contribution in [0, 0.1) is 0 Å². The van der Waals surface area contributed by atoms with E-state index in [4.69, 9.17) is 5.11 Å². The molecule has 1 unspecified atom stereocenters. The lowest BCUT2D eigenvalue weighted by atomic mass is 10.0. The predicted molar refractivity (Wildman–Crippen MR) is 39.8 cm³/mol. The monoisotopic (exact) mass is 187 g/mol. The van der Waals surface area contributed by atoms with E-state index in [0.717, 1.165) is 11.8 Å². The number of aliphatic carboxylic acids is 1. The minimum Gasteiger partial charge on any atom is -0.479 e. The van der Waals surface area contributed by atoms with Crippen LogP contribution in [0.3, 0.4) is 0 Å². The molecule has 2 amide bonds. The molecule has 0 radical (unpaired) electrons. The molecule has 1 aliphatic heterocycles. The van der Waals surface area contributed by atoms with E-state index in [2.05, 4.69) is 4.74 Å². The number of carbonyl (C=O) groups is 3. The van der Waals surface area contributed by atoms with E-state index in [9.17, 15) is 14.4 Å². The number of hydrogen-bond acceptors (Lipinski definition) is 4. The molecule has 0 aromatic carbocycles. The van der Waals surface area contributed by atoms with E-state index in [1.807, 2.05) is 0 Å². The second-order valence-electron chi connectivity index (χ2n) is 2.88. The zero-order valence-corrected chi connectivity index (χ0v) is 7.23. The Labute approximate surface area is 74.1 Å². The Kier molecular flexibility index (Phi) is 2.09. The van der Waals surface area contributed by atoms with Gasteiger partial charge in [-0.3, -0.25) is 14.5 Å². The topological polar surface area (TPSA) is 83.9 Å². The summed E-state index contributed by atoms with van der Waals surface area (Å²) in [6.45, 7) is 0.742. The van der Waals surface area contributed by atoms with Crippen LogP contribution in [0.1, 0.15) is 6.92 Å². The van der Waals surface area contributed by atoms with Crippen LogP contribution < -0.4 is 0 Å². The van der Waals surface area contributed by atoms with Crippen molar-refractivity contribution in [1.82, 2.24) is 4.90 Å². The van der Waals surface area contributed by atoms with E-state index in [1.165, 1.54) is 7.05 Å². The molecule has 0 spiro atoms. The van der Waals surface area contributed by atoms with Gasteiger partial charge >= 0.3 is 5.97 Å². The highest BCUT2D eigenvalue weighted by molar-refractivity contribution is 6.12. The van der Waals surface area contributed by atoms with Gasteiger partial charge < -0.3 is 9.84 Å². The number of hydrogen-bond donors (Lipinski definition) is 1. The Morgan fingerprint density at radius 1 is 1.62 bits per heavy atom. The van der Waals surface area contributed by atoms with E-state index < -0.39 is 23.4 Å². The molecule has 1 heterocycles. The molecule has 1 saturated heterocycles. The molecule has 1 N–H and O–H groups in total. The summed E-state index contributed by atoms with van der Waals surface area (Å²) in [7, 11) is 1.23. The number of likely N-dealkylation sites (N-methyl/N-ethyl adjacent to an activating group) is 1. The summed E-state index contributed by atoms with van der Waals surface area (Å²) in [5, 5.41) is 8.69. The molecule has 1 atom stereocenters. The largest absolute Gasteiger partial charge is 0.479 e. The second-order valence-corrected chi connectivity index (χ2v) is 2.88. The number of morpholine rings is 1. The van der Waals surface area contributed by atoms with E-state index in [1.54, 1.807) is 0 Å². The summed E-state index contributed by atoms with van der Waals surface area (Å²) in [4.78, 5) is 33.6. The second kappa shape index (κ2) is 2.81. The number of imide groups is 1. The van der Waals surface area contributed by atoms with Gasteiger partial charge in [0.1, 0.15) is 6.61 Å². The van der Waals surface area contributed by atoms with Crippen molar-refractivity contribution >= 4 is 17.8 Å². The fourth-order valence-electron chi connectivity index (χ4n) is 0.951. The Bertz CT molecular complexity index is 287. The lowest BCUT2D eigenvalue weighted by Crippen LogP contribution is -2.60. The van der Waals surface area contributed by atoms with Crippen LogP contribution in [0.4, 0.5) is 0 Å². The third-order valence-electron chi connectivity index (χ3n) is 1.98. The third-order valence-corrected chi connectivity index (χ3v) is 1.98. The van der Waals surface area contributed by atoms with Crippen LogP contribution in [-0.2, 0) is 19.1 Å². The van der Waals surface area contributed by atoms with Gasteiger partial charge in [0.2, 0.25) is 5.60 Å². The molecule has 0 bridgehead atoms. The lowest BCUT2D eigenvalue weighted by molar-refractivity contribution is -0.188.